The van der Waals surface area contributed by atoms with Gasteiger partial charge < -0.3 is 9.47 Å². The van der Waals surface area contributed by atoms with Crippen molar-refractivity contribution in [2.75, 3.05) is 33.4 Å². The van der Waals surface area contributed by atoms with Crippen molar-refractivity contribution in [2.45, 2.75) is 18.9 Å². The molecule has 166 valence electrons. The molecular formula is C29H33NO2. The minimum absolute atomic E-state index is 0.00265. The summed E-state index contributed by atoms with van der Waals surface area (Å²) in [6.07, 6.45) is 6.83. The fourth-order valence-corrected chi connectivity index (χ4v) is 4.26. The van der Waals surface area contributed by atoms with Gasteiger partial charge in [0.1, 0.15) is 11.9 Å². The maximum atomic E-state index is 6.50. The number of ether oxygens (including phenoxy) is 2. The Morgan fingerprint density at radius 2 is 1.44 bits per heavy atom. The molecule has 0 aliphatic carbocycles. The smallest absolute Gasteiger partial charge is 0.118 e. The van der Waals surface area contributed by atoms with Crippen LogP contribution in [0.1, 0.15) is 35.6 Å². The molecule has 1 aliphatic heterocycles. The van der Waals surface area contributed by atoms with Gasteiger partial charge in [0.05, 0.1) is 13.7 Å². The molecule has 3 nitrogen and oxygen atoms in total. The predicted octanol–water partition coefficient (Wildman–Crippen LogP) is 6.23. The van der Waals surface area contributed by atoms with Gasteiger partial charge in [-0.25, -0.2) is 0 Å². The summed E-state index contributed by atoms with van der Waals surface area (Å²) in [5.74, 6) is 1.51. The van der Waals surface area contributed by atoms with E-state index in [9.17, 15) is 0 Å². The summed E-state index contributed by atoms with van der Waals surface area (Å²) in [4.78, 5) is 2.53. The Balaban J connectivity index is 1.25. The summed E-state index contributed by atoms with van der Waals surface area (Å²) < 4.78 is 11.7. The number of hydrogen-bond donors (Lipinski definition) is 0. The molecule has 32 heavy (non-hydrogen) atoms. The van der Waals surface area contributed by atoms with Crippen molar-refractivity contribution in [1.82, 2.24) is 4.90 Å². The highest BCUT2D eigenvalue weighted by molar-refractivity contribution is 5.50. The van der Waals surface area contributed by atoms with Crippen molar-refractivity contribution in [1.29, 1.82) is 0 Å². The molecule has 1 saturated heterocycles. The van der Waals surface area contributed by atoms with Crippen LogP contribution in [0.4, 0.5) is 0 Å². The Morgan fingerprint density at radius 3 is 2.00 bits per heavy atom. The molecule has 1 heterocycles. The number of methoxy groups -OCH3 is 1. The summed E-state index contributed by atoms with van der Waals surface area (Å²) in [6.45, 7) is 4.06. The summed E-state index contributed by atoms with van der Waals surface area (Å²) in [7, 11) is 1.70. The van der Waals surface area contributed by atoms with Gasteiger partial charge in [0.25, 0.3) is 0 Å². The van der Waals surface area contributed by atoms with Crippen LogP contribution < -0.4 is 4.74 Å². The van der Waals surface area contributed by atoms with E-state index < -0.39 is 0 Å². The van der Waals surface area contributed by atoms with Gasteiger partial charge in [0, 0.05) is 6.54 Å². The molecule has 3 aromatic carbocycles. The van der Waals surface area contributed by atoms with Gasteiger partial charge in [-0.15, -0.1) is 0 Å². The van der Waals surface area contributed by atoms with Crippen molar-refractivity contribution in [3.05, 3.63) is 108 Å². The third-order valence-corrected chi connectivity index (χ3v) is 6.20. The molecule has 0 radical (unpaired) electrons. The molecule has 0 saturated carbocycles. The van der Waals surface area contributed by atoms with E-state index in [-0.39, 0.29) is 6.10 Å². The van der Waals surface area contributed by atoms with E-state index in [1.54, 1.807) is 7.11 Å². The van der Waals surface area contributed by atoms with E-state index in [1.165, 1.54) is 29.5 Å². The first kappa shape index (κ1) is 22.3. The molecule has 3 heteroatoms. The first-order valence-corrected chi connectivity index (χ1v) is 11.6. The zero-order chi connectivity index (χ0) is 22.0. The molecule has 0 spiro atoms. The quantitative estimate of drug-likeness (QED) is 0.404. The lowest BCUT2D eigenvalue weighted by atomic mass is 9.97. The highest BCUT2D eigenvalue weighted by Gasteiger charge is 2.21. The van der Waals surface area contributed by atoms with E-state index >= 15 is 0 Å². The number of hydrogen-bond acceptors (Lipinski definition) is 3. The fraction of sp³-hybridized carbons (Fsp3) is 0.310. The topological polar surface area (TPSA) is 21.7 Å². The molecule has 0 N–H and O–H groups in total. The number of nitrogens with zero attached hydrogens (tertiary/aromatic N) is 1. The molecule has 1 aliphatic rings. The van der Waals surface area contributed by atoms with Crippen molar-refractivity contribution in [2.24, 2.45) is 5.92 Å². The summed E-state index contributed by atoms with van der Waals surface area (Å²) in [6, 6.07) is 29.3. The average molecular weight is 428 g/mol. The van der Waals surface area contributed by atoms with Crippen LogP contribution in [0.3, 0.4) is 0 Å². The average Bonchev–Trinajstić information content (AvgIpc) is 2.87. The van der Waals surface area contributed by atoms with Gasteiger partial charge in [-0.2, -0.15) is 0 Å². The van der Waals surface area contributed by atoms with E-state index in [0.29, 0.717) is 5.92 Å². The molecular weight excluding hydrogens is 394 g/mol. The Kier molecular flexibility index (Phi) is 8.13. The fourth-order valence-electron chi connectivity index (χ4n) is 4.26. The summed E-state index contributed by atoms with van der Waals surface area (Å²) in [5, 5.41) is 0. The predicted molar refractivity (Wildman–Crippen MR) is 132 cm³/mol. The van der Waals surface area contributed by atoms with Crippen molar-refractivity contribution in [3.63, 3.8) is 0 Å². The maximum absolute atomic E-state index is 6.50. The first-order valence-electron chi connectivity index (χ1n) is 11.6. The van der Waals surface area contributed by atoms with Crippen LogP contribution in [0.15, 0.2) is 91.0 Å². The van der Waals surface area contributed by atoms with E-state index in [4.69, 9.17) is 9.47 Å². The third-order valence-electron chi connectivity index (χ3n) is 6.20. The maximum Gasteiger partial charge on any atom is 0.118 e. The number of benzene rings is 3. The van der Waals surface area contributed by atoms with Gasteiger partial charge in [0.15, 0.2) is 0 Å². The van der Waals surface area contributed by atoms with Crippen LogP contribution in [0.25, 0.3) is 6.08 Å². The van der Waals surface area contributed by atoms with E-state index in [0.717, 1.165) is 32.0 Å². The number of piperidine rings is 1. The van der Waals surface area contributed by atoms with Crippen LogP contribution in [0, 0.1) is 5.92 Å². The molecule has 0 bridgehead atoms. The lowest BCUT2D eigenvalue weighted by Crippen LogP contribution is -2.35. The normalized spacial score (nSPS) is 15.4. The van der Waals surface area contributed by atoms with Crippen LogP contribution in [-0.4, -0.2) is 38.3 Å². The standard InChI is InChI=1S/C29H33NO2/c1-31-28-16-14-24(15-17-28)9-8-20-30-21-18-25(19-22-30)23-32-29(26-10-4-2-5-11-26)27-12-6-3-7-13-27/h2-17,25,29H,18-23H2,1H3/b9-8+. The van der Waals surface area contributed by atoms with Gasteiger partial charge in [-0.05, 0) is 60.7 Å². The molecule has 3 aromatic rings. The van der Waals surface area contributed by atoms with Gasteiger partial charge in [-0.1, -0.05) is 84.9 Å². The Hall–Kier alpha value is -2.88. The zero-order valence-corrected chi connectivity index (χ0v) is 18.9. The van der Waals surface area contributed by atoms with Crippen LogP contribution >= 0.6 is 0 Å². The van der Waals surface area contributed by atoms with Gasteiger partial charge >= 0.3 is 0 Å². The lowest BCUT2D eigenvalue weighted by Gasteiger charge is -2.32. The zero-order valence-electron chi connectivity index (χ0n) is 18.9. The van der Waals surface area contributed by atoms with Gasteiger partial charge in [0.2, 0.25) is 0 Å². The Morgan fingerprint density at radius 1 is 0.844 bits per heavy atom. The third kappa shape index (κ3) is 6.32. The minimum Gasteiger partial charge on any atom is -0.497 e. The highest BCUT2D eigenvalue weighted by atomic mass is 16.5. The largest absolute Gasteiger partial charge is 0.497 e. The van der Waals surface area contributed by atoms with Crippen molar-refractivity contribution < 1.29 is 9.47 Å². The van der Waals surface area contributed by atoms with Crippen molar-refractivity contribution >= 4 is 6.08 Å². The second-order valence-corrected chi connectivity index (χ2v) is 8.45. The van der Waals surface area contributed by atoms with Crippen LogP contribution in [0.2, 0.25) is 0 Å². The molecule has 0 aromatic heterocycles. The minimum atomic E-state index is 0.00265. The van der Waals surface area contributed by atoms with E-state index in [2.05, 4.69) is 89.8 Å². The first-order chi connectivity index (χ1) is 15.8. The Bertz CT molecular complexity index is 906. The van der Waals surface area contributed by atoms with Crippen LogP contribution in [0.5, 0.6) is 5.75 Å². The van der Waals surface area contributed by atoms with Crippen LogP contribution in [-0.2, 0) is 4.74 Å². The SMILES string of the molecule is COc1ccc(/C=C/CN2CCC(COC(c3ccccc3)c3ccccc3)CC2)cc1. The molecule has 0 atom stereocenters. The molecule has 0 amide bonds. The van der Waals surface area contributed by atoms with Gasteiger partial charge in [-0.3, -0.25) is 4.90 Å². The summed E-state index contributed by atoms with van der Waals surface area (Å²) >= 11 is 0. The molecule has 4 rings (SSSR count). The lowest BCUT2D eigenvalue weighted by molar-refractivity contribution is 0.0324. The van der Waals surface area contributed by atoms with E-state index in [1.807, 2.05) is 12.1 Å². The number of likely N-dealkylation sites (tertiary alicyclic amines) is 1. The molecule has 0 unspecified atom stereocenters. The molecule has 1 fully saturated rings. The van der Waals surface area contributed by atoms with Crippen molar-refractivity contribution in [3.8, 4) is 5.75 Å². The monoisotopic (exact) mass is 427 g/mol. The Labute approximate surface area is 192 Å². The second kappa shape index (κ2) is 11.7. The summed E-state index contributed by atoms with van der Waals surface area (Å²) in [5.41, 5.74) is 3.65. The number of rotatable bonds is 9. The highest BCUT2D eigenvalue weighted by Crippen LogP contribution is 2.28. The second-order valence-electron chi connectivity index (χ2n) is 8.45.